The number of amides is 1. The molecule has 1 amide bonds. The molecule has 3 aromatic carbocycles. The molecular weight excluding hydrogens is 695 g/mol. The standard InChI is InChI=1S/C38H47FN2O10S/c1-23(43)50-31(26-12-14-28(39)15-13-26)20-18-30-34(41(38(30)47)29-16-7-24(8-17-29)4-3-21-40-52(2,48)49)27-10-5-25(6-11-27)9-19-32-35(44)37(46)36(45)33(22-42)51-32/h5-8,10-17,30-37,40,42,44-46H,3-4,9,18-22H2,1-2H3/t30?,31-,32?,33-,34-,35+,36-,37-/m1/s1. The molecule has 2 unspecified atom stereocenters. The molecule has 2 fully saturated rings. The summed E-state index contributed by atoms with van der Waals surface area (Å²) in [7, 11) is -3.27. The zero-order valence-electron chi connectivity index (χ0n) is 29.2. The fourth-order valence-electron chi connectivity index (χ4n) is 6.98. The number of hydrogen-bond acceptors (Lipinski definition) is 10. The average Bonchev–Trinajstić information content (AvgIpc) is 3.11. The van der Waals surface area contributed by atoms with E-state index in [-0.39, 0.29) is 11.9 Å². The van der Waals surface area contributed by atoms with Crippen LogP contribution in [0, 0.1) is 11.7 Å². The summed E-state index contributed by atoms with van der Waals surface area (Å²) < 4.78 is 50.1. The first kappa shape index (κ1) is 39.4. The predicted molar refractivity (Wildman–Crippen MR) is 190 cm³/mol. The van der Waals surface area contributed by atoms with Crippen molar-refractivity contribution in [1.82, 2.24) is 4.72 Å². The van der Waals surface area contributed by atoms with Gasteiger partial charge in [0.25, 0.3) is 0 Å². The minimum Gasteiger partial charge on any atom is -0.458 e. The summed E-state index contributed by atoms with van der Waals surface area (Å²) in [4.78, 5) is 27.5. The van der Waals surface area contributed by atoms with E-state index in [0.717, 1.165) is 22.9 Å². The third-order valence-electron chi connectivity index (χ3n) is 9.75. The van der Waals surface area contributed by atoms with Crippen molar-refractivity contribution in [1.29, 1.82) is 0 Å². The minimum atomic E-state index is -3.27. The number of anilines is 1. The molecule has 52 heavy (non-hydrogen) atoms. The van der Waals surface area contributed by atoms with E-state index in [4.69, 9.17) is 9.47 Å². The van der Waals surface area contributed by atoms with Gasteiger partial charge in [0.05, 0.1) is 30.9 Å². The number of carbonyl (C=O) groups excluding carboxylic acids is 2. The molecular formula is C38H47FN2O10S. The van der Waals surface area contributed by atoms with Crippen molar-refractivity contribution in [3.8, 4) is 0 Å². The number of hydrogen-bond donors (Lipinski definition) is 5. The molecule has 5 N–H and O–H groups in total. The van der Waals surface area contributed by atoms with Gasteiger partial charge in [-0.1, -0.05) is 48.5 Å². The van der Waals surface area contributed by atoms with Crippen molar-refractivity contribution in [3.63, 3.8) is 0 Å². The van der Waals surface area contributed by atoms with Crippen molar-refractivity contribution in [2.45, 2.75) is 88.1 Å². The first-order valence-corrected chi connectivity index (χ1v) is 19.3. The van der Waals surface area contributed by atoms with Gasteiger partial charge in [0.1, 0.15) is 36.3 Å². The monoisotopic (exact) mass is 742 g/mol. The number of nitrogens with zero attached hydrogens (tertiary/aromatic N) is 1. The van der Waals surface area contributed by atoms with Crippen LogP contribution in [0.4, 0.5) is 10.1 Å². The van der Waals surface area contributed by atoms with E-state index in [1.807, 2.05) is 48.5 Å². The van der Waals surface area contributed by atoms with Gasteiger partial charge in [-0.3, -0.25) is 9.59 Å². The summed E-state index contributed by atoms with van der Waals surface area (Å²) in [5.74, 6) is -1.44. The van der Waals surface area contributed by atoms with E-state index in [9.17, 15) is 42.8 Å². The van der Waals surface area contributed by atoms with E-state index in [2.05, 4.69) is 4.72 Å². The van der Waals surface area contributed by atoms with Crippen LogP contribution in [-0.2, 0) is 41.9 Å². The van der Waals surface area contributed by atoms with Crippen LogP contribution in [0.25, 0.3) is 0 Å². The van der Waals surface area contributed by atoms with E-state index in [1.54, 1.807) is 17.0 Å². The summed E-state index contributed by atoms with van der Waals surface area (Å²) in [6.45, 7) is 1.13. The minimum absolute atomic E-state index is 0.0949. The van der Waals surface area contributed by atoms with Gasteiger partial charge in [-0.2, -0.15) is 0 Å². The molecule has 0 aromatic heterocycles. The van der Waals surface area contributed by atoms with Crippen LogP contribution >= 0.6 is 0 Å². The Balaban J connectivity index is 1.32. The Morgan fingerprint density at radius 2 is 1.52 bits per heavy atom. The summed E-state index contributed by atoms with van der Waals surface area (Å²) in [6.07, 6.45) is -2.69. The number of aryl methyl sites for hydroxylation is 2. The van der Waals surface area contributed by atoms with E-state index in [0.29, 0.717) is 56.3 Å². The maximum Gasteiger partial charge on any atom is 0.303 e. The lowest BCUT2D eigenvalue weighted by atomic mass is 9.78. The van der Waals surface area contributed by atoms with Gasteiger partial charge in [0.15, 0.2) is 0 Å². The smallest absolute Gasteiger partial charge is 0.303 e. The van der Waals surface area contributed by atoms with Crippen molar-refractivity contribution in [2.75, 3.05) is 24.3 Å². The van der Waals surface area contributed by atoms with Crippen LogP contribution in [-0.4, -0.2) is 90.6 Å². The molecule has 5 rings (SSSR count). The fourth-order valence-corrected chi connectivity index (χ4v) is 7.50. The lowest BCUT2D eigenvalue weighted by Gasteiger charge is -2.48. The average molecular weight is 743 g/mol. The highest BCUT2D eigenvalue weighted by Crippen LogP contribution is 2.46. The lowest BCUT2D eigenvalue weighted by Crippen LogP contribution is -2.58. The number of aliphatic hydroxyl groups excluding tert-OH is 4. The molecule has 0 radical (unpaired) electrons. The van der Waals surface area contributed by atoms with E-state index >= 15 is 0 Å². The highest BCUT2D eigenvalue weighted by molar-refractivity contribution is 7.88. The number of esters is 1. The first-order chi connectivity index (χ1) is 24.8. The number of nitrogens with one attached hydrogen (secondary N) is 1. The highest BCUT2D eigenvalue weighted by atomic mass is 32.2. The SMILES string of the molecule is CC(=O)O[C@H](CCC1C(=O)N(c2ccc(CCCNS(C)(=O)=O)cc2)[C@@H]1c1ccc(CCC2O[C@H](CO)[C@@H](O)[C@H](O)[C@H]2O)cc1)c1ccc(F)cc1. The molecule has 0 saturated carbocycles. The molecule has 282 valence electrons. The molecule has 2 saturated heterocycles. The summed E-state index contributed by atoms with van der Waals surface area (Å²) in [6, 6.07) is 20.7. The van der Waals surface area contributed by atoms with Gasteiger partial charge in [-0.25, -0.2) is 17.5 Å². The number of aliphatic hydroxyl groups is 4. The molecule has 2 aliphatic heterocycles. The third-order valence-corrected chi connectivity index (χ3v) is 10.5. The highest BCUT2D eigenvalue weighted by Gasteiger charge is 2.49. The summed E-state index contributed by atoms with van der Waals surface area (Å²) in [5.41, 5.74) is 4.11. The number of ether oxygens (including phenoxy) is 2. The Labute approximate surface area is 303 Å². The third kappa shape index (κ3) is 9.81. The zero-order valence-corrected chi connectivity index (χ0v) is 30.0. The van der Waals surface area contributed by atoms with Gasteiger partial charge < -0.3 is 34.8 Å². The van der Waals surface area contributed by atoms with Crippen LogP contribution in [0.15, 0.2) is 72.8 Å². The van der Waals surface area contributed by atoms with Crippen molar-refractivity contribution in [2.24, 2.45) is 5.92 Å². The Kier molecular flexibility index (Phi) is 13.2. The molecule has 0 bridgehead atoms. The number of rotatable bonds is 16. The van der Waals surface area contributed by atoms with Crippen LogP contribution in [0.2, 0.25) is 0 Å². The number of carbonyl (C=O) groups is 2. The molecule has 12 nitrogen and oxygen atoms in total. The summed E-state index contributed by atoms with van der Waals surface area (Å²) in [5, 5.41) is 40.2. The summed E-state index contributed by atoms with van der Waals surface area (Å²) >= 11 is 0. The van der Waals surface area contributed by atoms with Crippen LogP contribution in [0.3, 0.4) is 0 Å². The molecule has 2 heterocycles. The van der Waals surface area contributed by atoms with Crippen LogP contribution in [0.5, 0.6) is 0 Å². The maximum atomic E-state index is 13.8. The van der Waals surface area contributed by atoms with Crippen LogP contribution in [0.1, 0.15) is 67.0 Å². The van der Waals surface area contributed by atoms with Gasteiger partial charge >= 0.3 is 5.97 Å². The quantitative estimate of drug-likeness (QED) is 0.0832. The molecule has 0 aliphatic carbocycles. The Morgan fingerprint density at radius 1 is 0.904 bits per heavy atom. The zero-order chi connectivity index (χ0) is 37.6. The molecule has 2 aliphatic rings. The Hall–Kier alpha value is -3.76. The molecule has 3 aromatic rings. The number of β-lactam (4-membered cyclic amide) rings is 1. The van der Waals surface area contributed by atoms with Gasteiger partial charge in [0, 0.05) is 19.2 Å². The maximum absolute atomic E-state index is 13.8. The largest absolute Gasteiger partial charge is 0.458 e. The van der Waals surface area contributed by atoms with Crippen molar-refractivity contribution < 1.29 is 52.3 Å². The number of benzene rings is 3. The number of halogens is 1. The Morgan fingerprint density at radius 3 is 2.13 bits per heavy atom. The van der Waals surface area contributed by atoms with E-state index in [1.165, 1.54) is 19.1 Å². The van der Waals surface area contributed by atoms with Gasteiger partial charge in [-0.15, -0.1) is 0 Å². The lowest BCUT2D eigenvalue weighted by molar-refractivity contribution is -0.230. The van der Waals surface area contributed by atoms with Gasteiger partial charge in [-0.05, 0) is 85.0 Å². The topological polar surface area (TPSA) is 183 Å². The number of sulfonamides is 1. The van der Waals surface area contributed by atoms with Crippen LogP contribution < -0.4 is 9.62 Å². The van der Waals surface area contributed by atoms with E-state index < -0.39 is 71.0 Å². The molecule has 8 atom stereocenters. The van der Waals surface area contributed by atoms with Gasteiger partial charge in [0.2, 0.25) is 15.9 Å². The second-order valence-electron chi connectivity index (χ2n) is 13.6. The predicted octanol–water partition coefficient (Wildman–Crippen LogP) is 2.87. The molecule has 14 heteroatoms. The fraction of sp³-hybridized carbons (Fsp3) is 0.474. The molecule has 0 spiro atoms. The first-order valence-electron chi connectivity index (χ1n) is 17.4. The van der Waals surface area contributed by atoms with Crippen molar-refractivity contribution in [3.05, 3.63) is 101 Å². The second-order valence-corrected chi connectivity index (χ2v) is 15.4. The Bertz CT molecular complexity index is 1760. The normalized spacial score (nSPS) is 25.4. The second kappa shape index (κ2) is 17.4. The van der Waals surface area contributed by atoms with Crippen molar-refractivity contribution >= 4 is 27.6 Å².